The third kappa shape index (κ3) is 5.86. The zero-order chi connectivity index (χ0) is 16.7. The summed E-state index contributed by atoms with van der Waals surface area (Å²) in [7, 11) is 0. The number of hydrogen-bond donors (Lipinski definition) is 2. The number of H-pyrrole nitrogens is 1. The zero-order valence-electron chi connectivity index (χ0n) is 13.2. The van der Waals surface area contributed by atoms with Crippen LogP contribution in [0.3, 0.4) is 0 Å². The SMILES string of the molecule is CC(C)Cc1cc(C(=O)NCCSc2ccccn2)nc(=O)[nH]1. The number of carbonyl (C=O) groups excluding carboxylic acids is 1. The Labute approximate surface area is 139 Å². The first-order chi connectivity index (χ1) is 11.0. The van der Waals surface area contributed by atoms with Crippen molar-refractivity contribution in [1.29, 1.82) is 0 Å². The van der Waals surface area contributed by atoms with Gasteiger partial charge in [0.2, 0.25) is 0 Å². The average Bonchev–Trinajstić information content (AvgIpc) is 2.51. The van der Waals surface area contributed by atoms with Crippen LogP contribution in [0.5, 0.6) is 0 Å². The number of amides is 1. The van der Waals surface area contributed by atoms with Crippen molar-refractivity contribution < 1.29 is 4.79 Å². The molecule has 23 heavy (non-hydrogen) atoms. The minimum absolute atomic E-state index is 0.159. The fourth-order valence-corrected chi connectivity index (χ4v) is 2.74. The van der Waals surface area contributed by atoms with E-state index < -0.39 is 5.69 Å². The topological polar surface area (TPSA) is 87.7 Å². The Morgan fingerprint density at radius 3 is 2.91 bits per heavy atom. The van der Waals surface area contributed by atoms with Crippen molar-refractivity contribution in [1.82, 2.24) is 20.3 Å². The van der Waals surface area contributed by atoms with Gasteiger partial charge in [0.1, 0.15) is 5.69 Å². The van der Waals surface area contributed by atoms with Crippen molar-refractivity contribution in [2.45, 2.75) is 25.3 Å². The molecule has 1 amide bonds. The third-order valence-corrected chi connectivity index (χ3v) is 3.88. The van der Waals surface area contributed by atoms with Crippen molar-refractivity contribution in [2.75, 3.05) is 12.3 Å². The summed E-state index contributed by atoms with van der Waals surface area (Å²) >= 11 is 1.56. The second-order valence-electron chi connectivity index (χ2n) is 5.47. The first kappa shape index (κ1) is 17.2. The molecule has 0 aromatic carbocycles. The molecule has 0 bridgehead atoms. The summed E-state index contributed by atoms with van der Waals surface area (Å²) in [5.41, 5.74) is 0.399. The van der Waals surface area contributed by atoms with Crippen LogP contribution in [0.4, 0.5) is 0 Å². The van der Waals surface area contributed by atoms with Crippen molar-refractivity contribution >= 4 is 17.7 Å². The van der Waals surface area contributed by atoms with Gasteiger partial charge in [-0.15, -0.1) is 11.8 Å². The van der Waals surface area contributed by atoms with E-state index in [2.05, 4.69) is 20.3 Å². The standard InChI is InChI=1S/C16H20N4O2S/c1-11(2)9-12-10-13(20-16(22)19-12)15(21)18-7-8-23-14-5-3-4-6-17-14/h3-6,10-11H,7-9H2,1-2H3,(H,18,21)(H,19,20,22). The molecule has 0 fully saturated rings. The van der Waals surface area contributed by atoms with E-state index in [0.29, 0.717) is 24.6 Å². The molecule has 0 unspecified atom stereocenters. The van der Waals surface area contributed by atoms with E-state index >= 15 is 0 Å². The first-order valence-corrected chi connectivity index (χ1v) is 8.45. The van der Waals surface area contributed by atoms with Crippen molar-refractivity contribution in [2.24, 2.45) is 5.92 Å². The molecule has 0 radical (unpaired) electrons. The number of nitrogens with one attached hydrogen (secondary N) is 2. The maximum atomic E-state index is 12.1. The summed E-state index contributed by atoms with van der Waals surface area (Å²) < 4.78 is 0. The Kier molecular flexibility index (Phi) is 6.34. The van der Waals surface area contributed by atoms with Crippen LogP contribution in [0.15, 0.2) is 40.3 Å². The Morgan fingerprint density at radius 1 is 1.39 bits per heavy atom. The summed E-state index contributed by atoms with van der Waals surface area (Å²) in [6, 6.07) is 7.34. The Hall–Kier alpha value is -2.15. The molecule has 2 heterocycles. The monoisotopic (exact) mass is 332 g/mol. The lowest BCUT2D eigenvalue weighted by Gasteiger charge is -2.07. The molecule has 0 saturated carbocycles. The highest BCUT2D eigenvalue weighted by atomic mass is 32.2. The summed E-state index contributed by atoms with van der Waals surface area (Å²) in [5.74, 6) is 0.756. The van der Waals surface area contributed by atoms with Gasteiger partial charge in [-0.05, 0) is 30.5 Å². The first-order valence-electron chi connectivity index (χ1n) is 7.47. The number of rotatable bonds is 7. The second-order valence-corrected chi connectivity index (χ2v) is 6.58. The predicted molar refractivity (Wildman–Crippen MR) is 90.7 cm³/mol. The average molecular weight is 332 g/mol. The van der Waals surface area contributed by atoms with Crippen LogP contribution in [0.25, 0.3) is 0 Å². The van der Waals surface area contributed by atoms with Crippen LogP contribution in [0, 0.1) is 5.92 Å². The number of carbonyl (C=O) groups is 1. The largest absolute Gasteiger partial charge is 0.350 e. The number of hydrogen-bond acceptors (Lipinski definition) is 5. The highest BCUT2D eigenvalue weighted by Crippen LogP contribution is 2.12. The van der Waals surface area contributed by atoms with Gasteiger partial charge in [0.15, 0.2) is 0 Å². The van der Waals surface area contributed by atoms with Gasteiger partial charge in [-0.3, -0.25) is 4.79 Å². The molecular weight excluding hydrogens is 312 g/mol. The predicted octanol–water partition coefficient (Wildman–Crippen LogP) is 1.89. The van der Waals surface area contributed by atoms with Crippen LogP contribution in [0.2, 0.25) is 0 Å². The molecule has 2 aromatic rings. The summed E-state index contributed by atoms with van der Waals surface area (Å²) in [6.45, 7) is 4.58. The molecule has 122 valence electrons. The van der Waals surface area contributed by atoms with Gasteiger partial charge < -0.3 is 10.3 Å². The molecule has 0 atom stereocenters. The molecule has 0 aliphatic carbocycles. The van der Waals surface area contributed by atoms with Gasteiger partial charge in [-0.25, -0.2) is 9.78 Å². The molecular formula is C16H20N4O2S. The van der Waals surface area contributed by atoms with Crippen LogP contribution < -0.4 is 11.0 Å². The maximum Gasteiger partial charge on any atom is 0.345 e. The molecule has 0 spiro atoms. The van der Waals surface area contributed by atoms with Crippen LogP contribution in [-0.4, -0.2) is 33.2 Å². The van der Waals surface area contributed by atoms with E-state index in [0.717, 1.165) is 10.7 Å². The fourth-order valence-electron chi connectivity index (χ4n) is 2.02. The van der Waals surface area contributed by atoms with Crippen LogP contribution in [-0.2, 0) is 6.42 Å². The highest BCUT2D eigenvalue weighted by molar-refractivity contribution is 7.99. The molecule has 2 aromatic heterocycles. The Bertz CT molecular complexity index is 701. The summed E-state index contributed by atoms with van der Waals surface area (Å²) in [6.07, 6.45) is 2.44. The lowest BCUT2D eigenvalue weighted by molar-refractivity contribution is 0.0950. The van der Waals surface area contributed by atoms with E-state index in [-0.39, 0.29) is 11.6 Å². The van der Waals surface area contributed by atoms with Gasteiger partial charge in [0.25, 0.3) is 5.91 Å². The lowest BCUT2D eigenvalue weighted by Crippen LogP contribution is -2.29. The molecule has 0 aliphatic heterocycles. The summed E-state index contributed by atoms with van der Waals surface area (Å²) in [4.78, 5) is 34.2. The van der Waals surface area contributed by atoms with Gasteiger partial charge in [0.05, 0.1) is 5.03 Å². The third-order valence-electron chi connectivity index (χ3n) is 2.94. The smallest absolute Gasteiger partial charge is 0.345 e. The van der Waals surface area contributed by atoms with E-state index in [9.17, 15) is 9.59 Å². The van der Waals surface area contributed by atoms with Crippen molar-refractivity contribution in [3.8, 4) is 0 Å². The molecule has 6 nitrogen and oxygen atoms in total. The van der Waals surface area contributed by atoms with E-state index in [1.807, 2.05) is 32.0 Å². The maximum absolute atomic E-state index is 12.1. The van der Waals surface area contributed by atoms with Crippen LogP contribution >= 0.6 is 11.8 Å². The van der Waals surface area contributed by atoms with Crippen molar-refractivity contribution in [3.63, 3.8) is 0 Å². The number of aromatic nitrogens is 3. The minimum Gasteiger partial charge on any atom is -0.350 e. The van der Waals surface area contributed by atoms with Gasteiger partial charge in [-0.1, -0.05) is 19.9 Å². The number of thioether (sulfide) groups is 1. The number of nitrogens with zero attached hydrogens (tertiary/aromatic N) is 2. The molecule has 2 rings (SSSR count). The number of pyridine rings is 1. The second kappa shape index (κ2) is 8.47. The normalized spacial score (nSPS) is 10.7. The lowest BCUT2D eigenvalue weighted by atomic mass is 10.1. The fraction of sp³-hybridized carbons (Fsp3) is 0.375. The van der Waals surface area contributed by atoms with E-state index in [4.69, 9.17) is 0 Å². The number of aromatic amines is 1. The van der Waals surface area contributed by atoms with Gasteiger partial charge in [-0.2, -0.15) is 4.98 Å². The molecule has 0 saturated heterocycles. The van der Waals surface area contributed by atoms with E-state index in [1.54, 1.807) is 24.0 Å². The molecule has 2 N–H and O–H groups in total. The Balaban J connectivity index is 1.88. The van der Waals surface area contributed by atoms with Crippen LogP contribution in [0.1, 0.15) is 30.0 Å². The Morgan fingerprint density at radius 2 is 2.22 bits per heavy atom. The quantitative estimate of drug-likeness (QED) is 0.597. The molecule has 0 aliphatic rings. The van der Waals surface area contributed by atoms with Crippen molar-refractivity contribution in [3.05, 3.63) is 52.3 Å². The minimum atomic E-state index is -0.490. The zero-order valence-corrected chi connectivity index (χ0v) is 14.0. The summed E-state index contributed by atoms with van der Waals surface area (Å²) in [5, 5.41) is 3.69. The van der Waals surface area contributed by atoms with E-state index in [1.165, 1.54) is 0 Å². The molecule has 7 heteroatoms. The highest BCUT2D eigenvalue weighted by Gasteiger charge is 2.10. The van der Waals surface area contributed by atoms with Gasteiger partial charge in [0, 0.05) is 24.2 Å². The van der Waals surface area contributed by atoms with Gasteiger partial charge >= 0.3 is 5.69 Å².